The molecule has 4 rings (SSSR count). The van der Waals surface area contributed by atoms with Gasteiger partial charge >= 0.3 is 0 Å². The molecule has 3 heterocycles. The zero-order valence-corrected chi connectivity index (χ0v) is 14.3. The van der Waals surface area contributed by atoms with Gasteiger partial charge in [-0.25, -0.2) is 9.67 Å². The summed E-state index contributed by atoms with van der Waals surface area (Å²) in [6.07, 6.45) is 2.87. The molecule has 1 aliphatic rings. The molecule has 0 fully saturated rings. The van der Waals surface area contributed by atoms with Crippen LogP contribution < -0.4 is 15.5 Å². The molecular weight excluding hydrogens is 330 g/mol. The Morgan fingerprint density at radius 3 is 3.04 bits per heavy atom. The lowest BCUT2D eigenvalue weighted by Crippen LogP contribution is -2.27. The maximum Gasteiger partial charge on any atom is 0.254 e. The Hall–Kier alpha value is -3.42. The van der Waals surface area contributed by atoms with Crippen molar-refractivity contribution in [2.75, 3.05) is 24.2 Å². The number of anilines is 3. The number of rotatable bonds is 3. The van der Waals surface area contributed by atoms with Crippen molar-refractivity contribution in [2.45, 2.75) is 13.5 Å². The minimum Gasteiger partial charge on any atom is -0.364 e. The van der Waals surface area contributed by atoms with Crippen LogP contribution in [-0.4, -0.2) is 39.7 Å². The van der Waals surface area contributed by atoms with Crippen molar-refractivity contribution in [3.63, 3.8) is 0 Å². The molecule has 3 aromatic rings. The van der Waals surface area contributed by atoms with Gasteiger partial charge in [0.2, 0.25) is 0 Å². The van der Waals surface area contributed by atoms with E-state index in [1.807, 2.05) is 47.1 Å². The molecule has 1 aromatic carbocycles. The molecule has 8 nitrogen and oxygen atoms in total. The minimum absolute atomic E-state index is 0.136. The standard InChI is InChI=1S/C18H19N7O/c1-11-21-16-10-24(3)17-14(5-4-6-15(17)25(16)23-11)22-13-7-8-20-9-12(13)18(26)19-2/h4-9H,10H2,1-3H3,(H,19,26)(H,20,22)/i2D3. The Morgan fingerprint density at radius 2 is 2.19 bits per heavy atom. The van der Waals surface area contributed by atoms with Gasteiger partial charge in [0.25, 0.3) is 5.91 Å². The molecule has 2 N–H and O–H groups in total. The molecule has 0 unspecified atom stereocenters. The Morgan fingerprint density at radius 1 is 1.31 bits per heavy atom. The summed E-state index contributed by atoms with van der Waals surface area (Å²) in [4.78, 5) is 22.9. The lowest BCUT2D eigenvalue weighted by atomic mass is 10.1. The highest BCUT2D eigenvalue weighted by Crippen LogP contribution is 2.38. The first kappa shape index (κ1) is 12.9. The molecule has 0 bridgehead atoms. The van der Waals surface area contributed by atoms with Crippen LogP contribution in [-0.2, 0) is 6.54 Å². The number of aromatic nitrogens is 4. The van der Waals surface area contributed by atoms with Crippen LogP contribution in [0.5, 0.6) is 0 Å². The van der Waals surface area contributed by atoms with Crippen LogP contribution in [0.3, 0.4) is 0 Å². The van der Waals surface area contributed by atoms with E-state index in [2.05, 4.69) is 20.4 Å². The number of benzene rings is 1. The number of amides is 1. The van der Waals surface area contributed by atoms with Gasteiger partial charge < -0.3 is 15.5 Å². The van der Waals surface area contributed by atoms with E-state index in [9.17, 15) is 4.79 Å². The van der Waals surface area contributed by atoms with Gasteiger partial charge in [-0.05, 0) is 25.1 Å². The van der Waals surface area contributed by atoms with E-state index in [1.165, 1.54) is 12.4 Å². The Balaban J connectivity index is 1.74. The fourth-order valence-electron chi connectivity index (χ4n) is 3.15. The third-order valence-corrected chi connectivity index (χ3v) is 4.23. The average Bonchev–Trinajstić information content (AvgIpc) is 3.01. The highest BCUT2D eigenvalue weighted by Gasteiger charge is 2.25. The fourth-order valence-corrected chi connectivity index (χ4v) is 3.15. The molecule has 2 aromatic heterocycles. The van der Waals surface area contributed by atoms with E-state index < -0.39 is 12.9 Å². The van der Waals surface area contributed by atoms with Crippen molar-refractivity contribution in [2.24, 2.45) is 0 Å². The van der Waals surface area contributed by atoms with Gasteiger partial charge in [-0.3, -0.25) is 9.78 Å². The van der Waals surface area contributed by atoms with Crippen LogP contribution in [0.15, 0.2) is 36.7 Å². The van der Waals surface area contributed by atoms with Gasteiger partial charge in [0, 0.05) is 30.5 Å². The summed E-state index contributed by atoms with van der Waals surface area (Å²) in [5.41, 5.74) is 3.09. The van der Waals surface area contributed by atoms with Crippen molar-refractivity contribution in [1.82, 2.24) is 25.1 Å². The smallest absolute Gasteiger partial charge is 0.254 e. The number of hydrogen-bond donors (Lipinski definition) is 2. The molecule has 0 spiro atoms. The molecule has 1 amide bonds. The number of carbonyl (C=O) groups excluding carboxylic acids is 1. The predicted octanol–water partition coefficient (Wildman–Crippen LogP) is 2.02. The summed E-state index contributed by atoms with van der Waals surface area (Å²) in [7, 11) is 1.95. The summed E-state index contributed by atoms with van der Waals surface area (Å²) in [5.74, 6) is 0.807. The molecule has 132 valence electrons. The Labute approximate surface area is 155 Å². The zero-order valence-electron chi connectivity index (χ0n) is 17.3. The monoisotopic (exact) mass is 352 g/mol. The van der Waals surface area contributed by atoms with Crippen molar-refractivity contribution >= 4 is 23.0 Å². The van der Waals surface area contributed by atoms with Crippen LogP contribution in [0.4, 0.5) is 17.1 Å². The lowest BCUT2D eigenvalue weighted by molar-refractivity contribution is 0.0963. The predicted molar refractivity (Wildman–Crippen MR) is 99.1 cm³/mol. The molecule has 0 aliphatic carbocycles. The van der Waals surface area contributed by atoms with Crippen molar-refractivity contribution in [3.8, 4) is 5.69 Å². The van der Waals surface area contributed by atoms with E-state index in [4.69, 9.17) is 4.11 Å². The number of pyridine rings is 1. The Kier molecular flexibility index (Phi) is 3.04. The van der Waals surface area contributed by atoms with Gasteiger partial charge in [-0.1, -0.05) is 6.07 Å². The first-order valence-corrected chi connectivity index (χ1v) is 8.03. The molecule has 26 heavy (non-hydrogen) atoms. The van der Waals surface area contributed by atoms with E-state index in [0.29, 0.717) is 18.1 Å². The fraction of sp³-hybridized carbons (Fsp3) is 0.222. The Bertz CT molecular complexity index is 1090. The van der Waals surface area contributed by atoms with Crippen molar-refractivity contribution < 1.29 is 8.91 Å². The summed E-state index contributed by atoms with van der Waals surface area (Å²) in [6, 6.07) is 7.34. The number of nitrogens with one attached hydrogen (secondary N) is 2. The van der Waals surface area contributed by atoms with Gasteiger partial charge in [0.1, 0.15) is 5.82 Å². The van der Waals surface area contributed by atoms with Gasteiger partial charge in [-0.15, -0.1) is 0 Å². The van der Waals surface area contributed by atoms with Crippen LogP contribution in [0, 0.1) is 6.92 Å². The maximum atomic E-state index is 12.4. The van der Waals surface area contributed by atoms with Crippen LogP contribution >= 0.6 is 0 Å². The van der Waals surface area contributed by atoms with Crippen molar-refractivity contribution in [1.29, 1.82) is 0 Å². The van der Waals surface area contributed by atoms with E-state index >= 15 is 0 Å². The summed E-state index contributed by atoms with van der Waals surface area (Å²) in [6.45, 7) is -0.160. The first-order valence-electron chi connectivity index (χ1n) is 9.53. The average molecular weight is 352 g/mol. The highest BCUT2D eigenvalue weighted by molar-refractivity contribution is 6.00. The lowest BCUT2D eigenvalue weighted by Gasteiger charge is -2.29. The first-order chi connectivity index (χ1) is 13.7. The van der Waals surface area contributed by atoms with Crippen molar-refractivity contribution in [3.05, 3.63) is 53.9 Å². The molecule has 8 heteroatoms. The molecule has 0 saturated heterocycles. The topological polar surface area (TPSA) is 88.0 Å². The number of nitrogens with zero attached hydrogens (tertiary/aromatic N) is 5. The van der Waals surface area contributed by atoms with Gasteiger partial charge in [0.05, 0.1) is 34.9 Å². The zero-order chi connectivity index (χ0) is 20.8. The number of para-hydroxylation sites is 1. The molecular formula is C18H19N7O. The van der Waals surface area contributed by atoms with E-state index in [0.717, 1.165) is 22.9 Å². The second-order valence-corrected chi connectivity index (χ2v) is 6.02. The largest absolute Gasteiger partial charge is 0.364 e. The third kappa shape index (κ3) is 2.55. The minimum atomic E-state index is -2.59. The second kappa shape index (κ2) is 6.14. The SMILES string of the molecule is [2H]C([2H])([2H])NC(=O)c1cnccc1Nc1cccc2c1N(C)Cc1nc(C)nn1-2. The number of fused-ring (bicyclic) bond motifs is 3. The van der Waals surface area contributed by atoms with Gasteiger partial charge in [0.15, 0.2) is 5.82 Å². The van der Waals surface area contributed by atoms with Crippen LogP contribution in [0.25, 0.3) is 5.69 Å². The number of aryl methyl sites for hydroxylation is 1. The van der Waals surface area contributed by atoms with Crippen LogP contribution in [0.2, 0.25) is 0 Å². The molecule has 0 radical (unpaired) electrons. The highest BCUT2D eigenvalue weighted by atomic mass is 16.1. The molecule has 1 aliphatic heterocycles. The molecule has 0 atom stereocenters. The van der Waals surface area contributed by atoms with Gasteiger partial charge in [-0.2, -0.15) is 5.10 Å². The third-order valence-electron chi connectivity index (χ3n) is 4.23. The summed E-state index contributed by atoms with van der Waals surface area (Å²) < 4.78 is 23.6. The molecule has 0 saturated carbocycles. The van der Waals surface area contributed by atoms with E-state index in [1.54, 1.807) is 6.07 Å². The summed E-state index contributed by atoms with van der Waals surface area (Å²) in [5, 5.41) is 9.72. The maximum absolute atomic E-state index is 12.4. The quantitative estimate of drug-likeness (QED) is 0.750. The summed E-state index contributed by atoms with van der Waals surface area (Å²) >= 11 is 0. The normalized spacial score (nSPS) is 14.5. The second-order valence-electron chi connectivity index (χ2n) is 6.02. The number of carbonyl (C=O) groups is 1. The van der Waals surface area contributed by atoms with E-state index in [-0.39, 0.29) is 5.56 Å². The van der Waals surface area contributed by atoms with Crippen LogP contribution in [0.1, 0.15) is 26.1 Å². The number of hydrogen-bond acceptors (Lipinski definition) is 6.